The monoisotopic (exact) mass is 390 g/mol. The van der Waals surface area contributed by atoms with Crippen molar-refractivity contribution < 1.29 is 9.21 Å². The predicted molar refractivity (Wildman–Crippen MR) is 111 cm³/mol. The molecule has 148 valence electrons. The number of hydrogen-bond acceptors (Lipinski definition) is 7. The highest BCUT2D eigenvalue weighted by molar-refractivity contribution is 5.91. The summed E-state index contributed by atoms with van der Waals surface area (Å²) >= 11 is 0. The Bertz CT molecular complexity index is 977. The highest BCUT2D eigenvalue weighted by Gasteiger charge is 2.20. The first-order chi connectivity index (χ1) is 14.2. The fourth-order valence-corrected chi connectivity index (χ4v) is 3.11. The van der Waals surface area contributed by atoms with E-state index in [2.05, 4.69) is 25.4 Å². The van der Waals surface area contributed by atoms with Crippen LogP contribution in [0.1, 0.15) is 11.5 Å². The number of hydrogen-bond donors (Lipinski definition) is 1. The van der Waals surface area contributed by atoms with Crippen molar-refractivity contribution in [3.8, 4) is 0 Å². The van der Waals surface area contributed by atoms with Gasteiger partial charge in [-0.3, -0.25) is 4.79 Å². The molecule has 1 saturated heterocycles. The first kappa shape index (κ1) is 18.7. The van der Waals surface area contributed by atoms with Crippen molar-refractivity contribution >= 4 is 29.4 Å². The average molecular weight is 390 g/mol. The third-order valence-electron chi connectivity index (χ3n) is 4.64. The molecular formula is C21H22N6O2. The molecule has 3 aromatic heterocycles. The number of aromatic nitrogens is 3. The third kappa shape index (κ3) is 4.78. The highest BCUT2D eigenvalue weighted by atomic mass is 16.3. The Morgan fingerprint density at radius 3 is 2.59 bits per heavy atom. The van der Waals surface area contributed by atoms with Gasteiger partial charge in [0, 0.05) is 37.9 Å². The molecule has 0 spiro atoms. The van der Waals surface area contributed by atoms with Gasteiger partial charge in [0.1, 0.15) is 11.6 Å². The van der Waals surface area contributed by atoms with Crippen LogP contribution in [-0.4, -0.2) is 52.2 Å². The van der Waals surface area contributed by atoms with E-state index in [0.29, 0.717) is 37.8 Å². The van der Waals surface area contributed by atoms with E-state index in [4.69, 9.17) is 4.42 Å². The zero-order chi connectivity index (χ0) is 20.1. The van der Waals surface area contributed by atoms with Crippen LogP contribution >= 0.6 is 0 Å². The number of carbonyl (C=O) groups excluding carboxylic acids is 1. The van der Waals surface area contributed by atoms with Gasteiger partial charge in [-0.15, -0.1) is 10.2 Å². The molecule has 0 atom stereocenters. The molecule has 0 aliphatic carbocycles. The molecule has 8 nitrogen and oxygen atoms in total. The van der Waals surface area contributed by atoms with Crippen LogP contribution in [0.2, 0.25) is 0 Å². The molecule has 8 heteroatoms. The lowest BCUT2D eigenvalue weighted by Gasteiger charge is -2.34. The second-order valence-electron chi connectivity index (χ2n) is 6.73. The summed E-state index contributed by atoms with van der Waals surface area (Å²) in [7, 11) is 0. The number of anilines is 3. The standard InChI is InChI=1S/C21H22N6O2/c1-16-4-2-6-18(22-16)23-19-8-9-20(25-24-19)26-11-13-27(14-12-26)21(28)10-7-17-5-3-15-29-17/h2-10,15H,11-14H2,1H3,(H,22,23,24)/b10-7+. The molecule has 0 aromatic carbocycles. The number of pyridine rings is 1. The van der Waals surface area contributed by atoms with Crippen LogP contribution in [-0.2, 0) is 4.79 Å². The van der Waals surface area contributed by atoms with E-state index in [0.717, 1.165) is 17.3 Å². The van der Waals surface area contributed by atoms with E-state index < -0.39 is 0 Å². The number of carbonyl (C=O) groups is 1. The maximum absolute atomic E-state index is 12.3. The van der Waals surface area contributed by atoms with E-state index in [1.165, 1.54) is 0 Å². The minimum absolute atomic E-state index is 0.0164. The molecular weight excluding hydrogens is 368 g/mol. The molecule has 1 fully saturated rings. The zero-order valence-electron chi connectivity index (χ0n) is 16.2. The van der Waals surface area contributed by atoms with Crippen LogP contribution in [0.3, 0.4) is 0 Å². The van der Waals surface area contributed by atoms with E-state index in [1.807, 2.05) is 48.2 Å². The maximum atomic E-state index is 12.3. The summed E-state index contributed by atoms with van der Waals surface area (Å²) < 4.78 is 5.21. The summed E-state index contributed by atoms with van der Waals surface area (Å²) in [4.78, 5) is 20.7. The second-order valence-corrected chi connectivity index (χ2v) is 6.73. The number of furan rings is 1. The van der Waals surface area contributed by atoms with Crippen molar-refractivity contribution in [3.05, 3.63) is 66.3 Å². The molecule has 1 aliphatic heterocycles. The van der Waals surface area contributed by atoms with Gasteiger partial charge in [-0.1, -0.05) is 6.07 Å². The van der Waals surface area contributed by atoms with E-state index in [-0.39, 0.29) is 5.91 Å². The number of amides is 1. The lowest BCUT2D eigenvalue weighted by Crippen LogP contribution is -2.48. The molecule has 29 heavy (non-hydrogen) atoms. The molecule has 1 N–H and O–H groups in total. The Balaban J connectivity index is 1.31. The van der Waals surface area contributed by atoms with E-state index in [9.17, 15) is 4.79 Å². The van der Waals surface area contributed by atoms with Crippen molar-refractivity contribution in [1.29, 1.82) is 0 Å². The Morgan fingerprint density at radius 2 is 1.90 bits per heavy atom. The Labute approximate surface area is 168 Å². The lowest BCUT2D eigenvalue weighted by molar-refractivity contribution is -0.126. The minimum atomic E-state index is -0.0164. The maximum Gasteiger partial charge on any atom is 0.246 e. The molecule has 1 amide bonds. The smallest absolute Gasteiger partial charge is 0.246 e. The van der Waals surface area contributed by atoms with Gasteiger partial charge in [0.2, 0.25) is 5.91 Å². The van der Waals surface area contributed by atoms with Crippen molar-refractivity contribution in [2.75, 3.05) is 36.4 Å². The molecule has 0 unspecified atom stereocenters. The van der Waals surface area contributed by atoms with Crippen LogP contribution in [0.25, 0.3) is 6.08 Å². The fourth-order valence-electron chi connectivity index (χ4n) is 3.11. The summed E-state index contributed by atoms with van der Waals surface area (Å²) in [5.74, 6) is 2.83. The van der Waals surface area contributed by atoms with Crippen LogP contribution in [0.4, 0.5) is 17.5 Å². The van der Waals surface area contributed by atoms with Gasteiger partial charge < -0.3 is 19.5 Å². The van der Waals surface area contributed by atoms with Crippen LogP contribution in [0, 0.1) is 6.92 Å². The average Bonchev–Trinajstić information content (AvgIpc) is 3.26. The van der Waals surface area contributed by atoms with Crippen molar-refractivity contribution in [1.82, 2.24) is 20.1 Å². The Kier molecular flexibility index (Phi) is 5.51. The van der Waals surface area contributed by atoms with Gasteiger partial charge in [-0.05, 0) is 49.4 Å². The van der Waals surface area contributed by atoms with Gasteiger partial charge in [0.25, 0.3) is 0 Å². The predicted octanol–water partition coefficient (Wildman–Crippen LogP) is 2.88. The number of nitrogens with zero attached hydrogens (tertiary/aromatic N) is 5. The summed E-state index contributed by atoms with van der Waals surface area (Å²) in [6, 6.07) is 13.2. The third-order valence-corrected chi connectivity index (χ3v) is 4.64. The van der Waals surface area contributed by atoms with Crippen molar-refractivity contribution in [3.63, 3.8) is 0 Å². The molecule has 0 bridgehead atoms. The molecule has 1 aliphatic rings. The van der Waals surface area contributed by atoms with Gasteiger partial charge in [-0.25, -0.2) is 4.98 Å². The Morgan fingerprint density at radius 1 is 1.03 bits per heavy atom. The molecule has 0 saturated carbocycles. The second kappa shape index (κ2) is 8.55. The van der Waals surface area contributed by atoms with Crippen molar-refractivity contribution in [2.45, 2.75) is 6.92 Å². The van der Waals surface area contributed by atoms with Gasteiger partial charge in [-0.2, -0.15) is 0 Å². The van der Waals surface area contributed by atoms with Crippen LogP contribution in [0.5, 0.6) is 0 Å². The largest absolute Gasteiger partial charge is 0.465 e. The highest BCUT2D eigenvalue weighted by Crippen LogP contribution is 2.17. The normalized spacial score (nSPS) is 14.4. The minimum Gasteiger partial charge on any atom is -0.465 e. The van der Waals surface area contributed by atoms with Gasteiger partial charge in [0.05, 0.1) is 6.26 Å². The van der Waals surface area contributed by atoms with Gasteiger partial charge in [0.15, 0.2) is 11.6 Å². The number of piperazine rings is 1. The fraction of sp³-hybridized carbons (Fsp3) is 0.238. The number of nitrogens with one attached hydrogen (secondary N) is 1. The molecule has 4 heterocycles. The molecule has 3 aromatic rings. The van der Waals surface area contributed by atoms with Crippen molar-refractivity contribution in [2.24, 2.45) is 0 Å². The topological polar surface area (TPSA) is 87.4 Å². The quantitative estimate of drug-likeness (QED) is 0.670. The number of rotatable bonds is 5. The van der Waals surface area contributed by atoms with E-state index in [1.54, 1.807) is 24.5 Å². The first-order valence-corrected chi connectivity index (χ1v) is 9.47. The SMILES string of the molecule is Cc1cccc(Nc2ccc(N3CCN(C(=O)/C=C/c4ccco4)CC3)nn2)n1. The zero-order valence-corrected chi connectivity index (χ0v) is 16.2. The van der Waals surface area contributed by atoms with E-state index >= 15 is 0 Å². The van der Waals surface area contributed by atoms with Crippen LogP contribution in [0.15, 0.2) is 59.2 Å². The van der Waals surface area contributed by atoms with Crippen LogP contribution < -0.4 is 10.2 Å². The first-order valence-electron chi connectivity index (χ1n) is 9.47. The number of aryl methyl sites for hydroxylation is 1. The molecule has 4 rings (SSSR count). The van der Waals surface area contributed by atoms with Gasteiger partial charge >= 0.3 is 0 Å². The summed E-state index contributed by atoms with van der Waals surface area (Å²) in [6.45, 7) is 4.63. The lowest BCUT2D eigenvalue weighted by atomic mass is 10.3. The Hall–Kier alpha value is -3.68. The summed E-state index contributed by atoms with van der Waals surface area (Å²) in [5.41, 5.74) is 0.936. The summed E-state index contributed by atoms with van der Waals surface area (Å²) in [6.07, 6.45) is 4.82. The molecule has 0 radical (unpaired) electrons. The summed E-state index contributed by atoms with van der Waals surface area (Å²) in [5, 5.41) is 11.7.